The van der Waals surface area contributed by atoms with Gasteiger partial charge in [-0.3, -0.25) is 19.8 Å². The molecule has 2 heterocycles. The molecule has 2 aromatic rings. The van der Waals surface area contributed by atoms with Crippen molar-refractivity contribution in [3.63, 3.8) is 0 Å². The molecule has 2 amide bonds. The van der Waals surface area contributed by atoms with Gasteiger partial charge in [0, 0.05) is 37.4 Å². The number of benzene rings is 2. The van der Waals surface area contributed by atoms with E-state index in [2.05, 4.69) is 33.0 Å². The Balaban J connectivity index is 1.25. The number of piperidine rings is 1. The molecule has 0 aliphatic carbocycles. The van der Waals surface area contributed by atoms with E-state index in [0.29, 0.717) is 11.4 Å². The van der Waals surface area contributed by atoms with E-state index in [1.165, 1.54) is 17.3 Å². The van der Waals surface area contributed by atoms with Crippen LogP contribution in [0.25, 0.3) is 0 Å². The molecule has 3 N–H and O–H groups in total. The number of methoxy groups -OCH3 is 1. The van der Waals surface area contributed by atoms with Gasteiger partial charge < -0.3 is 15.4 Å². The highest BCUT2D eigenvalue weighted by Crippen LogP contribution is 2.25. The number of carbonyl (C=O) groups excluding carboxylic acids is 2. The van der Waals surface area contributed by atoms with Gasteiger partial charge in [-0.05, 0) is 24.1 Å². The lowest BCUT2D eigenvalue weighted by Gasteiger charge is -2.43. The van der Waals surface area contributed by atoms with Gasteiger partial charge >= 0.3 is 0 Å². The second-order valence-corrected chi connectivity index (χ2v) is 8.96. The summed E-state index contributed by atoms with van der Waals surface area (Å²) < 4.78 is 5.18. The van der Waals surface area contributed by atoms with Crippen LogP contribution in [0.1, 0.15) is 12.0 Å². The van der Waals surface area contributed by atoms with Gasteiger partial charge in [0.15, 0.2) is 0 Å². The zero-order valence-corrected chi connectivity index (χ0v) is 18.4. The molecule has 0 bridgehead atoms. The molecule has 164 valence electrons. The molecule has 3 atom stereocenters. The Kier molecular flexibility index (Phi) is 7.11. The van der Waals surface area contributed by atoms with Crippen LogP contribution in [0.15, 0.2) is 54.6 Å². The maximum absolute atomic E-state index is 12.7. The Morgan fingerprint density at radius 1 is 1.23 bits per heavy atom. The van der Waals surface area contributed by atoms with Crippen LogP contribution in [0.4, 0.5) is 5.69 Å². The molecule has 2 saturated heterocycles. The molecule has 0 radical (unpaired) electrons. The van der Waals surface area contributed by atoms with Crippen LogP contribution in [-0.4, -0.2) is 54.2 Å². The smallest absolute Gasteiger partial charge is 0.234 e. The first-order chi connectivity index (χ1) is 15.1. The van der Waals surface area contributed by atoms with Crippen molar-refractivity contribution in [2.24, 2.45) is 5.92 Å². The van der Waals surface area contributed by atoms with Gasteiger partial charge in [0.25, 0.3) is 0 Å². The standard InChI is InChI=1S/C23H28N4O3S/c1-30-18-9-5-8-17(12-18)24-21(28)15-31-23-25-20-10-11-27(14-19(20)22(29)26-23)13-16-6-3-2-4-7-16/h2-9,12,19-20,23,25H,10-11,13-15H2,1H3,(H,24,28)(H,26,29). The first-order valence-corrected chi connectivity index (χ1v) is 11.5. The van der Waals surface area contributed by atoms with Crippen molar-refractivity contribution in [3.8, 4) is 5.75 Å². The lowest BCUT2D eigenvalue weighted by molar-refractivity contribution is -0.130. The summed E-state index contributed by atoms with van der Waals surface area (Å²) in [6.45, 7) is 2.55. The molecule has 2 aliphatic rings. The van der Waals surface area contributed by atoms with Crippen LogP contribution in [0.2, 0.25) is 0 Å². The fourth-order valence-electron chi connectivity index (χ4n) is 4.09. The lowest BCUT2D eigenvalue weighted by Crippen LogP contribution is -2.64. The molecule has 0 spiro atoms. The minimum atomic E-state index is -0.259. The van der Waals surface area contributed by atoms with Crippen LogP contribution in [0.5, 0.6) is 5.75 Å². The number of amides is 2. The first-order valence-electron chi connectivity index (χ1n) is 10.5. The summed E-state index contributed by atoms with van der Waals surface area (Å²) >= 11 is 1.40. The quantitative estimate of drug-likeness (QED) is 0.613. The third kappa shape index (κ3) is 5.78. The van der Waals surface area contributed by atoms with Gasteiger partial charge in [-0.1, -0.05) is 36.4 Å². The fourth-order valence-corrected chi connectivity index (χ4v) is 4.95. The van der Waals surface area contributed by atoms with E-state index in [-0.39, 0.29) is 35.0 Å². The zero-order chi connectivity index (χ0) is 21.6. The van der Waals surface area contributed by atoms with Crippen molar-refractivity contribution in [1.82, 2.24) is 15.5 Å². The Bertz CT molecular complexity index is 911. The highest BCUT2D eigenvalue weighted by Gasteiger charge is 2.39. The zero-order valence-electron chi connectivity index (χ0n) is 17.5. The maximum Gasteiger partial charge on any atom is 0.234 e. The third-order valence-corrected chi connectivity index (χ3v) is 6.67. The lowest BCUT2D eigenvalue weighted by atomic mass is 9.89. The second-order valence-electron chi connectivity index (χ2n) is 7.87. The number of ether oxygens (including phenoxy) is 1. The molecule has 2 fully saturated rings. The summed E-state index contributed by atoms with van der Waals surface area (Å²) in [6, 6.07) is 17.7. The highest BCUT2D eigenvalue weighted by molar-refractivity contribution is 8.00. The second kappa shape index (κ2) is 10.2. The predicted molar refractivity (Wildman–Crippen MR) is 123 cm³/mol. The minimum Gasteiger partial charge on any atom is -0.497 e. The van der Waals surface area contributed by atoms with E-state index in [4.69, 9.17) is 4.74 Å². The number of rotatable bonds is 7. The van der Waals surface area contributed by atoms with E-state index in [1.807, 2.05) is 36.4 Å². The molecule has 2 aliphatic heterocycles. The van der Waals surface area contributed by atoms with Gasteiger partial charge in [-0.25, -0.2) is 0 Å². The van der Waals surface area contributed by atoms with Crippen LogP contribution in [0.3, 0.4) is 0 Å². The number of thioether (sulfide) groups is 1. The molecular formula is C23H28N4O3S. The average molecular weight is 441 g/mol. The van der Waals surface area contributed by atoms with Crippen LogP contribution >= 0.6 is 11.8 Å². The molecule has 0 aromatic heterocycles. The summed E-state index contributed by atoms with van der Waals surface area (Å²) in [5, 5.41) is 9.40. The van der Waals surface area contributed by atoms with E-state index in [0.717, 1.165) is 26.1 Å². The Labute approximate surface area is 186 Å². The number of anilines is 1. The normalized spacial score (nSPS) is 23.5. The number of carbonyl (C=O) groups is 2. The van der Waals surface area contributed by atoms with Gasteiger partial charge in [-0.15, -0.1) is 11.8 Å². The van der Waals surface area contributed by atoms with E-state index < -0.39 is 0 Å². The van der Waals surface area contributed by atoms with Crippen molar-refractivity contribution >= 4 is 29.3 Å². The number of likely N-dealkylation sites (tertiary alicyclic amines) is 1. The number of hydrogen-bond acceptors (Lipinski definition) is 6. The third-order valence-electron chi connectivity index (χ3n) is 5.66. The van der Waals surface area contributed by atoms with Crippen molar-refractivity contribution in [2.75, 3.05) is 31.3 Å². The van der Waals surface area contributed by atoms with Gasteiger partial charge in [0.05, 0.1) is 18.8 Å². The van der Waals surface area contributed by atoms with E-state index in [1.54, 1.807) is 13.2 Å². The van der Waals surface area contributed by atoms with Gasteiger partial charge in [0.2, 0.25) is 11.8 Å². The Hall–Kier alpha value is -2.55. The Morgan fingerprint density at radius 3 is 2.87 bits per heavy atom. The summed E-state index contributed by atoms with van der Waals surface area (Å²) in [7, 11) is 1.59. The molecule has 8 heteroatoms. The average Bonchev–Trinajstić information content (AvgIpc) is 2.79. The molecular weight excluding hydrogens is 412 g/mol. The van der Waals surface area contributed by atoms with Crippen LogP contribution in [0, 0.1) is 5.92 Å². The summed E-state index contributed by atoms with van der Waals surface area (Å²) in [6.07, 6.45) is 0.915. The summed E-state index contributed by atoms with van der Waals surface area (Å²) in [5.74, 6) is 0.810. The van der Waals surface area contributed by atoms with Gasteiger partial charge in [0.1, 0.15) is 11.2 Å². The predicted octanol–water partition coefficient (Wildman–Crippen LogP) is 2.26. The summed E-state index contributed by atoms with van der Waals surface area (Å²) in [5.41, 5.74) is 1.70. The SMILES string of the molecule is COc1cccc(NC(=O)CSC2NC(=O)C3CN(Cc4ccccc4)CCC3N2)c1. The number of fused-ring (bicyclic) bond motifs is 1. The molecule has 3 unspecified atom stereocenters. The minimum absolute atomic E-state index is 0.0622. The molecule has 0 saturated carbocycles. The number of hydrogen-bond donors (Lipinski definition) is 3. The fraction of sp³-hybridized carbons (Fsp3) is 0.391. The molecule has 7 nitrogen and oxygen atoms in total. The number of nitrogens with one attached hydrogen (secondary N) is 3. The van der Waals surface area contributed by atoms with Crippen LogP contribution < -0.4 is 20.7 Å². The van der Waals surface area contributed by atoms with Crippen molar-refractivity contribution < 1.29 is 14.3 Å². The van der Waals surface area contributed by atoms with Crippen LogP contribution in [-0.2, 0) is 16.1 Å². The van der Waals surface area contributed by atoms with E-state index >= 15 is 0 Å². The van der Waals surface area contributed by atoms with E-state index in [9.17, 15) is 9.59 Å². The molecule has 4 rings (SSSR count). The largest absolute Gasteiger partial charge is 0.497 e. The van der Waals surface area contributed by atoms with Gasteiger partial charge in [-0.2, -0.15) is 0 Å². The summed E-state index contributed by atoms with van der Waals surface area (Å²) in [4.78, 5) is 27.4. The molecule has 31 heavy (non-hydrogen) atoms. The van der Waals surface area contributed by atoms with Crippen molar-refractivity contribution in [2.45, 2.75) is 24.5 Å². The molecule has 2 aromatic carbocycles. The Morgan fingerprint density at radius 2 is 2.06 bits per heavy atom. The first kappa shape index (κ1) is 21.7. The monoisotopic (exact) mass is 440 g/mol. The van der Waals surface area contributed by atoms with Crippen molar-refractivity contribution in [1.29, 1.82) is 0 Å². The highest BCUT2D eigenvalue weighted by atomic mass is 32.2. The topological polar surface area (TPSA) is 82.7 Å². The van der Waals surface area contributed by atoms with Crippen molar-refractivity contribution in [3.05, 3.63) is 60.2 Å². The number of nitrogens with zero attached hydrogens (tertiary/aromatic N) is 1. The maximum atomic E-state index is 12.7.